The lowest BCUT2D eigenvalue weighted by molar-refractivity contribution is -0.129. The van der Waals surface area contributed by atoms with Gasteiger partial charge in [-0.15, -0.1) is 0 Å². The Balaban J connectivity index is 2.24. The molecule has 0 saturated carbocycles. The summed E-state index contributed by atoms with van der Waals surface area (Å²) in [6.45, 7) is 5.63. The Morgan fingerprint density at radius 2 is 1.94 bits per heavy atom. The number of hydrogen-bond donors (Lipinski definition) is 1. The van der Waals surface area contributed by atoms with E-state index in [0.717, 1.165) is 5.82 Å². The van der Waals surface area contributed by atoms with E-state index >= 15 is 0 Å². The van der Waals surface area contributed by atoms with Gasteiger partial charge >= 0.3 is 0 Å². The van der Waals surface area contributed by atoms with E-state index in [1.807, 2.05) is 20.8 Å². The van der Waals surface area contributed by atoms with Crippen LogP contribution in [0.5, 0.6) is 0 Å². The second-order valence-corrected chi connectivity index (χ2v) is 5.25. The van der Waals surface area contributed by atoms with E-state index in [-0.39, 0.29) is 17.0 Å². The summed E-state index contributed by atoms with van der Waals surface area (Å²) in [6, 6.07) is 0. The van der Waals surface area contributed by atoms with Crippen molar-refractivity contribution in [2.45, 2.75) is 46.5 Å². The zero-order valence-electron chi connectivity index (χ0n) is 10.7. The Hall–Kier alpha value is -1.45. The summed E-state index contributed by atoms with van der Waals surface area (Å²) in [5, 5.41) is 0. The standard InChI is InChI=1S/C13H20N2O2/c1-13(2,3)11(17)6-4-10(16)5-7-12-14-8-9-15-12/h8-9H,4-7H2,1-3H3,(H,14,15). The number of hydrogen-bond acceptors (Lipinski definition) is 3. The highest BCUT2D eigenvalue weighted by molar-refractivity contribution is 5.88. The van der Waals surface area contributed by atoms with Crippen molar-refractivity contribution < 1.29 is 9.59 Å². The fourth-order valence-electron chi connectivity index (χ4n) is 1.45. The molecule has 0 saturated heterocycles. The quantitative estimate of drug-likeness (QED) is 0.824. The van der Waals surface area contributed by atoms with E-state index < -0.39 is 0 Å². The number of ketones is 2. The lowest BCUT2D eigenvalue weighted by atomic mass is 9.87. The van der Waals surface area contributed by atoms with Gasteiger partial charge < -0.3 is 4.98 Å². The maximum atomic E-state index is 11.6. The number of aryl methyl sites for hydroxylation is 1. The highest BCUT2D eigenvalue weighted by Gasteiger charge is 2.21. The van der Waals surface area contributed by atoms with Gasteiger partial charge in [0, 0.05) is 43.5 Å². The molecule has 17 heavy (non-hydrogen) atoms. The number of carbonyl (C=O) groups excluding carboxylic acids is 2. The van der Waals surface area contributed by atoms with Gasteiger partial charge in [-0.05, 0) is 0 Å². The van der Waals surface area contributed by atoms with Gasteiger partial charge in [-0.2, -0.15) is 0 Å². The molecule has 1 aromatic rings. The molecule has 0 aliphatic carbocycles. The fraction of sp³-hybridized carbons (Fsp3) is 0.615. The highest BCUT2D eigenvalue weighted by Crippen LogP contribution is 2.18. The van der Waals surface area contributed by atoms with Crippen molar-refractivity contribution in [2.75, 3.05) is 0 Å². The van der Waals surface area contributed by atoms with Crippen LogP contribution >= 0.6 is 0 Å². The summed E-state index contributed by atoms with van der Waals surface area (Å²) >= 11 is 0. The Labute approximate surface area is 102 Å². The molecule has 1 heterocycles. The average molecular weight is 236 g/mol. The SMILES string of the molecule is CC(C)(C)C(=O)CCC(=O)CCc1ncc[nH]1. The van der Waals surface area contributed by atoms with E-state index in [2.05, 4.69) is 9.97 Å². The van der Waals surface area contributed by atoms with Crippen molar-refractivity contribution in [3.63, 3.8) is 0 Å². The first-order valence-electron chi connectivity index (χ1n) is 5.93. The molecule has 0 unspecified atom stereocenters. The van der Waals surface area contributed by atoms with E-state index in [4.69, 9.17) is 0 Å². The van der Waals surface area contributed by atoms with Gasteiger partial charge in [-0.25, -0.2) is 4.98 Å². The van der Waals surface area contributed by atoms with Gasteiger partial charge in [-0.1, -0.05) is 20.8 Å². The highest BCUT2D eigenvalue weighted by atomic mass is 16.1. The molecule has 94 valence electrons. The van der Waals surface area contributed by atoms with Crippen molar-refractivity contribution in [2.24, 2.45) is 5.41 Å². The monoisotopic (exact) mass is 236 g/mol. The number of carbonyl (C=O) groups is 2. The predicted octanol–water partition coefficient (Wildman–Crippen LogP) is 2.31. The largest absolute Gasteiger partial charge is 0.349 e. The summed E-state index contributed by atoms with van der Waals surface area (Å²) < 4.78 is 0. The first-order valence-corrected chi connectivity index (χ1v) is 5.93. The summed E-state index contributed by atoms with van der Waals surface area (Å²) in [5.74, 6) is 1.09. The first kappa shape index (κ1) is 13.6. The fourth-order valence-corrected chi connectivity index (χ4v) is 1.45. The summed E-state index contributed by atoms with van der Waals surface area (Å²) in [7, 11) is 0. The summed E-state index contributed by atoms with van der Waals surface area (Å²) in [5.41, 5.74) is -0.346. The Morgan fingerprint density at radius 3 is 2.47 bits per heavy atom. The molecule has 1 aromatic heterocycles. The van der Waals surface area contributed by atoms with Gasteiger partial charge in [0.25, 0.3) is 0 Å². The molecule has 0 aliphatic heterocycles. The Kier molecular flexibility index (Phi) is 4.61. The first-order chi connectivity index (χ1) is 7.89. The van der Waals surface area contributed by atoms with Crippen molar-refractivity contribution in [3.05, 3.63) is 18.2 Å². The van der Waals surface area contributed by atoms with Gasteiger partial charge in [-0.3, -0.25) is 9.59 Å². The minimum atomic E-state index is -0.346. The number of aromatic nitrogens is 2. The number of imidazole rings is 1. The molecule has 1 rings (SSSR count). The lowest BCUT2D eigenvalue weighted by Gasteiger charge is -2.15. The van der Waals surface area contributed by atoms with Crippen LogP contribution in [0.15, 0.2) is 12.4 Å². The van der Waals surface area contributed by atoms with Crippen LogP contribution in [-0.2, 0) is 16.0 Å². The Bertz CT molecular complexity index is 375. The third kappa shape index (κ3) is 4.93. The average Bonchev–Trinajstić information content (AvgIpc) is 2.74. The van der Waals surface area contributed by atoms with E-state index in [1.165, 1.54) is 0 Å². The minimum absolute atomic E-state index is 0.124. The molecule has 0 atom stereocenters. The summed E-state index contributed by atoms with van der Waals surface area (Å²) in [4.78, 5) is 30.2. The zero-order valence-corrected chi connectivity index (χ0v) is 10.7. The molecular formula is C13H20N2O2. The number of nitrogens with one attached hydrogen (secondary N) is 1. The number of H-pyrrole nitrogens is 1. The molecule has 4 heteroatoms. The maximum Gasteiger partial charge on any atom is 0.138 e. The molecule has 0 aromatic carbocycles. The molecule has 0 aliphatic rings. The van der Waals surface area contributed by atoms with Crippen LogP contribution in [-0.4, -0.2) is 21.5 Å². The molecule has 0 spiro atoms. The smallest absolute Gasteiger partial charge is 0.138 e. The van der Waals surface area contributed by atoms with Crippen molar-refractivity contribution in [1.29, 1.82) is 0 Å². The number of Topliss-reactive ketones (excluding diaryl/α,β-unsaturated/α-hetero) is 2. The van der Waals surface area contributed by atoms with Crippen LogP contribution < -0.4 is 0 Å². The topological polar surface area (TPSA) is 62.8 Å². The molecule has 1 N–H and O–H groups in total. The van der Waals surface area contributed by atoms with Gasteiger partial charge in [0.2, 0.25) is 0 Å². The maximum absolute atomic E-state index is 11.6. The van der Waals surface area contributed by atoms with Crippen LogP contribution in [0.2, 0.25) is 0 Å². The molecule has 4 nitrogen and oxygen atoms in total. The van der Waals surface area contributed by atoms with Crippen LogP contribution in [0.4, 0.5) is 0 Å². The van der Waals surface area contributed by atoms with Crippen LogP contribution in [0, 0.1) is 5.41 Å². The number of rotatable bonds is 6. The van der Waals surface area contributed by atoms with Gasteiger partial charge in [0.05, 0.1) is 0 Å². The minimum Gasteiger partial charge on any atom is -0.349 e. The lowest BCUT2D eigenvalue weighted by Crippen LogP contribution is -2.20. The third-order valence-corrected chi connectivity index (χ3v) is 2.66. The van der Waals surface area contributed by atoms with Crippen LogP contribution in [0.1, 0.15) is 45.9 Å². The van der Waals surface area contributed by atoms with Gasteiger partial charge in [0.1, 0.15) is 17.4 Å². The predicted molar refractivity (Wildman–Crippen MR) is 65.6 cm³/mol. The Morgan fingerprint density at radius 1 is 1.24 bits per heavy atom. The van der Waals surface area contributed by atoms with Crippen LogP contribution in [0.25, 0.3) is 0 Å². The van der Waals surface area contributed by atoms with Crippen molar-refractivity contribution in [3.8, 4) is 0 Å². The second-order valence-electron chi connectivity index (χ2n) is 5.25. The van der Waals surface area contributed by atoms with Crippen LogP contribution in [0.3, 0.4) is 0 Å². The zero-order chi connectivity index (χ0) is 12.9. The van der Waals surface area contributed by atoms with E-state index in [9.17, 15) is 9.59 Å². The van der Waals surface area contributed by atoms with E-state index in [0.29, 0.717) is 25.7 Å². The second kappa shape index (κ2) is 5.75. The normalized spacial score (nSPS) is 11.5. The summed E-state index contributed by atoms with van der Waals surface area (Å²) in [6.07, 6.45) is 5.17. The number of nitrogens with zero attached hydrogens (tertiary/aromatic N) is 1. The molecule has 0 radical (unpaired) electrons. The van der Waals surface area contributed by atoms with E-state index in [1.54, 1.807) is 12.4 Å². The third-order valence-electron chi connectivity index (χ3n) is 2.66. The molecule has 0 bridgehead atoms. The molecule has 0 amide bonds. The number of aromatic amines is 1. The van der Waals surface area contributed by atoms with Crippen molar-refractivity contribution >= 4 is 11.6 Å². The molecular weight excluding hydrogens is 216 g/mol. The van der Waals surface area contributed by atoms with Crippen molar-refractivity contribution in [1.82, 2.24) is 9.97 Å². The van der Waals surface area contributed by atoms with Gasteiger partial charge in [0.15, 0.2) is 0 Å². The molecule has 0 fully saturated rings.